The number of amides is 2. The lowest BCUT2D eigenvalue weighted by Gasteiger charge is -2.42. The van der Waals surface area contributed by atoms with Crippen LogP contribution in [0, 0.1) is 11.8 Å². The molecule has 1 saturated carbocycles. The van der Waals surface area contributed by atoms with Gasteiger partial charge in [-0.15, -0.1) is 0 Å². The van der Waals surface area contributed by atoms with Gasteiger partial charge in [0.15, 0.2) is 5.76 Å². The highest BCUT2D eigenvalue weighted by atomic mass is 16.3. The third-order valence-electron chi connectivity index (χ3n) is 5.07. The van der Waals surface area contributed by atoms with Crippen molar-refractivity contribution < 1.29 is 14.0 Å². The van der Waals surface area contributed by atoms with Crippen LogP contribution in [0.4, 0.5) is 0 Å². The summed E-state index contributed by atoms with van der Waals surface area (Å²) in [5, 5.41) is 2.73. The van der Waals surface area contributed by atoms with E-state index in [0.29, 0.717) is 5.92 Å². The Morgan fingerprint density at radius 3 is 2.77 bits per heavy atom. The molecule has 5 heteroatoms. The zero-order chi connectivity index (χ0) is 15.5. The minimum atomic E-state index is -0.516. The molecule has 0 aromatic carbocycles. The molecule has 0 bridgehead atoms. The molecule has 120 valence electrons. The van der Waals surface area contributed by atoms with E-state index in [1.807, 2.05) is 4.90 Å². The molecule has 5 nitrogen and oxygen atoms in total. The molecule has 1 aliphatic carbocycles. The molecule has 1 aromatic heterocycles. The maximum Gasteiger partial charge on any atom is 0.287 e. The van der Waals surface area contributed by atoms with Gasteiger partial charge in [0.05, 0.1) is 6.26 Å². The number of piperidine rings is 1. The Balaban J connectivity index is 1.55. The third-order valence-corrected chi connectivity index (χ3v) is 5.07. The number of hydrogen-bond donors (Lipinski definition) is 1. The van der Waals surface area contributed by atoms with E-state index in [-0.39, 0.29) is 17.6 Å². The maximum atomic E-state index is 12.6. The van der Waals surface area contributed by atoms with Gasteiger partial charge in [-0.2, -0.15) is 0 Å². The summed E-state index contributed by atoms with van der Waals surface area (Å²) in [6, 6.07) is 2.74. The lowest BCUT2D eigenvalue weighted by atomic mass is 9.75. The van der Waals surface area contributed by atoms with Crippen LogP contribution in [0.5, 0.6) is 0 Å². The highest BCUT2D eigenvalue weighted by Crippen LogP contribution is 2.36. The van der Waals surface area contributed by atoms with Crippen LogP contribution in [-0.4, -0.2) is 35.8 Å². The lowest BCUT2D eigenvalue weighted by Crippen LogP contribution is -2.52. The number of nitrogens with zero attached hydrogens (tertiary/aromatic N) is 1. The maximum absolute atomic E-state index is 12.6. The topological polar surface area (TPSA) is 62.6 Å². The van der Waals surface area contributed by atoms with E-state index in [1.165, 1.54) is 31.9 Å². The summed E-state index contributed by atoms with van der Waals surface area (Å²) < 4.78 is 5.06. The minimum absolute atomic E-state index is 0.0175. The predicted octanol–water partition coefficient (Wildman–Crippen LogP) is 2.44. The number of carbonyl (C=O) groups is 2. The number of nitrogens with one attached hydrogen (secondary N) is 1. The molecule has 0 radical (unpaired) electrons. The Hall–Kier alpha value is -1.78. The van der Waals surface area contributed by atoms with E-state index in [2.05, 4.69) is 5.32 Å². The molecule has 0 spiro atoms. The Morgan fingerprint density at radius 2 is 2.05 bits per heavy atom. The third kappa shape index (κ3) is 3.18. The van der Waals surface area contributed by atoms with Crippen LogP contribution in [-0.2, 0) is 4.79 Å². The second-order valence-electron chi connectivity index (χ2n) is 6.55. The number of likely N-dealkylation sites (tertiary alicyclic amines) is 1. The average Bonchev–Trinajstić information content (AvgIpc) is 3.08. The summed E-state index contributed by atoms with van der Waals surface area (Å²) in [6.07, 6.45) is 7.74. The van der Waals surface area contributed by atoms with Gasteiger partial charge in [-0.3, -0.25) is 9.59 Å². The van der Waals surface area contributed by atoms with Crippen LogP contribution in [0.1, 0.15) is 49.6 Å². The Bertz CT molecular complexity index is 526. The Labute approximate surface area is 131 Å². The number of rotatable bonds is 3. The number of fused-ring (bicyclic) bond motifs is 1. The second-order valence-corrected chi connectivity index (χ2v) is 6.55. The first kappa shape index (κ1) is 15.1. The van der Waals surface area contributed by atoms with Crippen molar-refractivity contribution in [2.75, 3.05) is 13.1 Å². The predicted molar refractivity (Wildman–Crippen MR) is 82.3 cm³/mol. The number of carbonyl (C=O) groups excluding carboxylic acids is 2. The van der Waals surface area contributed by atoms with E-state index in [1.54, 1.807) is 19.1 Å². The van der Waals surface area contributed by atoms with Crippen molar-refractivity contribution in [3.63, 3.8) is 0 Å². The zero-order valence-corrected chi connectivity index (χ0v) is 13.1. The van der Waals surface area contributed by atoms with Crippen molar-refractivity contribution >= 4 is 11.8 Å². The molecule has 2 aliphatic rings. The minimum Gasteiger partial charge on any atom is -0.459 e. The van der Waals surface area contributed by atoms with Gasteiger partial charge < -0.3 is 14.6 Å². The van der Waals surface area contributed by atoms with Gasteiger partial charge >= 0.3 is 0 Å². The molecule has 3 atom stereocenters. The van der Waals surface area contributed by atoms with Crippen LogP contribution < -0.4 is 5.32 Å². The number of furan rings is 1. The Morgan fingerprint density at radius 1 is 1.27 bits per heavy atom. The van der Waals surface area contributed by atoms with Crippen LogP contribution >= 0.6 is 0 Å². The van der Waals surface area contributed by atoms with Gasteiger partial charge in [-0.1, -0.05) is 19.3 Å². The van der Waals surface area contributed by atoms with E-state index in [9.17, 15) is 9.59 Å². The summed E-state index contributed by atoms with van der Waals surface area (Å²) in [4.78, 5) is 26.4. The normalized spacial score (nSPS) is 26.1. The van der Waals surface area contributed by atoms with Gasteiger partial charge in [0.1, 0.15) is 6.04 Å². The van der Waals surface area contributed by atoms with Crippen molar-refractivity contribution in [2.24, 2.45) is 11.8 Å². The monoisotopic (exact) mass is 304 g/mol. The molecule has 22 heavy (non-hydrogen) atoms. The molecule has 1 aliphatic heterocycles. The van der Waals surface area contributed by atoms with E-state index >= 15 is 0 Å². The van der Waals surface area contributed by atoms with Crippen molar-refractivity contribution in [1.29, 1.82) is 0 Å². The van der Waals surface area contributed by atoms with Gasteiger partial charge in [-0.05, 0) is 43.7 Å². The lowest BCUT2D eigenvalue weighted by molar-refractivity contribution is -0.135. The highest BCUT2D eigenvalue weighted by molar-refractivity contribution is 5.95. The molecule has 1 N–H and O–H groups in total. The number of hydrogen-bond acceptors (Lipinski definition) is 3. The fraction of sp³-hybridized carbons (Fsp3) is 0.647. The molecular weight excluding hydrogens is 280 g/mol. The molecule has 2 heterocycles. The summed E-state index contributed by atoms with van der Waals surface area (Å²) in [5.41, 5.74) is 0. The zero-order valence-electron chi connectivity index (χ0n) is 13.1. The summed E-state index contributed by atoms with van der Waals surface area (Å²) in [7, 11) is 0. The molecule has 2 amide bonds. The largest absolute Gasteiger partial charge is 0.459 e. The van der Waals surface area contributed by atoms with Crippen molar-refractivity contribution in [2.45, 2.75) is 45.1 Å². The summed E-state index contributed by atoms with van der Waals surface area (Å²) in [6.45, 7) is 3.42. The van der Waals surface area contributed by atoms with Crippen molar-refractivity contribution in [3.05, 3.63) is 24.2 Å². The second kappa shape index (κ2) is 6.55. The van der Waals surface area contributed by atoms with Crippen molar-refractivity contribution in [3.8, 4) is 0 Å². The fourth-order valence-corrected chi connectivity index (χ4v) is 3.81. The van der Waals surface area contributed by atoms with Crippen LogP contribution in [0.2, 0.25) is 0 Å². The average molecular weight is 304 g/mol. The molecule has 1 aromatic rings. The van der Waals surface area contributed by atoms with Crippen LogP contribution in [0.3, 0.4) is 0 Å². The van der Waals surface area contributed by atoms with Crippen LogP contribution in [0.15, 0.2) is 22.8 Å². The fourth-order valence-electron chi connectivity index (χ4n) is 3.81. The molecule has 1 saturated heterocycles. The van der Waals surface area contributed by atoms with E-state index in [4.69, 9.17) is 4.42 Å². The first-order valence-electron chi connectivity index (χ1n) is 8.28. The highest BCUT2D eigenvalue weighted by Gasteiger charge is 2.34. The molecule has 0 unspecified atom stereocenters. The van der Waals surface area contributed by atoms with Gasteiger partial charge in [-0.25, -0.2) is 0 Å². The van der Waals surface area contributed by atoms with Crippen molar-refractivity contribution in [1.82, 2.24) is 10.2 Å². The molecule has 2 fully saturated rings. The Kier molecular flexibility index (Phi) is 4.50. The quantitative estimate of drug-likeness (QED) is 0.933. The van der Waals surface area contributed by atoms with Crippen LogP contribution in [0.25, 0.3) is 0 Å². The molecule has 3 rings (SSSR count). The standard InChI is InChI=1S/C17H24N2O3/c1-12(18-16(20)15-7-4-10-22-15)17(21)19-9-8-13-5-2-3-6-14(13)11-19/h4,7,10,12-14H,2-3,5-6,8-9,11H2,1H3,(H,18,20)/t12-,13-,14-/m0/s1. The van der Waals surface area contributed by atoms with E-state index in [0.717, 1.165) is 25.4 Å². The van der Waals surface area contributed by atoms with E-state index < -0.39 is 6.04 Å². The first-order valence-corrected chi connectivity index (χ1v) is 8.28. The van der Waals surface area contributed by atoms with Gasteiger partial charge in [0.25, 0.3) is 5.91 Å². The summed E-state index contributed by atoms with van der Waals surface area (Å²) in [5.74, 6) is 1.37. The first-order chi connectivity index (χ1) is 10.6. The van der Waals surface area contributed by atoms with Gasteiger partial charge in [0, 0.05) is 13.1 Å². The smallest absolute Gasteiger partial charge is 0.287 e. The SMILES string of the molecule is C[C@H](NC(=O)c1ccco1)C(=O)N1CC[C@@H]2CCCC[C@H]2C1. The van der Waals surface area contributed by atoms with Gasteiger partial charge in [0.2, 0.25) is 5.91 Å². The molecular formula is C17H24N2O3. The summed E-state index contributed by atoms with van der Waals surface area (Å²) >= 11 is 0.